The first-order valence-electron chi connectivity index (χ1n) is 7.72. The molecule has 0 unspecified atom stereocenters. The minimum atomic E-state index is -0.701. The van der Waals surface area contributed by atoms with Crippen molar-refractivity contribution in [3.63, 3.8) is 0 Å². The van der Waals surface area contributed by atoms with Gasteiger partial charge in [0.1, 0.15) is 11.8 Å². The van der Waals surface area contributed by atoms with Crippen molar-refractivity contribution in [1.29, 1.82) is 0 Å². The predicted molar refractivity (Wildman–Crippen MR) is 91.2 cm³/mol. The summed E-state index contributed by atoms with van der Waals surface area (Å²) in [5.74, 6) is -0.103. The molecule has 2 amide bonds. The number of nitrogens with one attached hydrogen (secondary N) is 2. The number of ether oxygens (including phenoxy) is 1. The molecule has 6 nitrogen and oxygen atoms in total. The molecule has 2 aromatic rings. The average Bonchev–Trinajstić information content (AvgIpc) is 3.06. The molecule has 2 rings (SSSR count). The number of benzene rings is 1. The Balaban J connectivity index is 2.15. The van der Waals surface area contributed by atoms with Crippen LogP contribution in [0.4, 0.5) is 5.69 Å². The van der Waals surface area contributed by atoms with Gasteiger partial charge in [0, 0.05) is 0 Å². The number of rotatable bonds is 6. The smallest absolute Gasteiger partial charge is 0.287 e. The molecule has 0 aliphatic carbocycles. The van der Waals surface area contributed by atoms with Crippen LogP contribution in [-0.2, 0) is 4.79 Å². The fraction of sp³-hybridized carbons (Fsp3) is 0.333. The van der Waals surface area contributed by atoms with E-state index in [-0.39, 0.29) is 17.6 Å². The summed E-state index contributed by atoms with van der Waals surface area (Å²) in [6.45, 7) is 5.65. The maximum atomic E-state index is 12.6. The van der Waals surface area contributed by atoms with Crippen molar-refractivity contribution in [1.82, 2.24) is 5.32 Å². The fourth-order valence-electron chi connectivity index (χ4n) is 2.29. The minimum absolute atomic E-state index is 0.0975. The lowest BCUT2D eigenvalue weighted by Gasteiger charge is -2.22. The quantitative estimate of drug-likeness (QED) is 0.853. The summed E-state index contributed by atoms with van der Waals surface area (Å²) in [7, 11) is 1.54. The standard InChI is InChI=1S/C18H22N2O4/c1-11(2)16(20-17(21)15-6-5-9-24-15)18(22)19-13-10-12(3)7-8-14(13)23-4/h5-11,16H,1-4H3,(H,19,22)(H,20,21)/t16-/m0/s1. The van der Waals surface area contributed by atoms with Crippen molar-refractivity contribution in [2.45, 2.75) is 26.8 Å². The van der Waals surface area contributed by atoms with E-state index in [9.17, 15) is 9.59 Å². The summed E-state index contributed by atoms with van der Waals surface area (Å²) < 4.78 is 10.3. The largest absolute Gasteiger partial charge is 0.495 e. The first-order chi connectivity index (χ1) is 11.4. The van der Waals surface area contributed by atoms with E-state index in [4.69, 9.17) is 9.15 Å². The van der Waals surface area contributed by atoms with Gasteiger partial charge in [-0.05, 0) is 42.7 Å². The second kappa shape index (κ2) is 7.68. The SMILES string of the molecule is COc1ccc(C)cc1NC(=O)[C@@H](NC(=O)c1ccco1)C(C)C. The molecule has 6 heteroatoms. The van der Waals surface area contributed by atoms with Gasteiger partial charge in [-0.1, -0.05) is 19.9 Å². The number of furan rings is 1. The number of amides is 2. The lowest BCUT2D eigenvalue weighted by molar-refractivity contribution is -0.118. The molecule has 0 radical (unpaired) electrons. The molecule has 1 aromatic heterocycles. The Morgan fingerprint density at radius 2 is 1.96 bits per heavy atom. The first kappa shape index (κ1) is 17.6. The van der Waals surface area contributed by atoms with Gasteiger partial charge < -0.3 is 19.8 Å². The molecule has 24 heavy (non-hydrogen) atoms. The van der Waals surface area contributed by atoms with Crippen LogP contribution in [0.15, 0.2) is 41.0 Å². The van der Waals surface area contributed by atoms with Crippen molar-refractivity contribution in [2.75, 3.05) is 12.4 Å². The molecular weight excluding hydrogens is 308 g/mol. The summed E-state index contributed by atoms with van der Waals surface area (Å²) in [5.41, 5.74) is 1.56. The maximum absolute atomic E-state index is 12.6. The normalized spacial score (nSPS) is 11.9. The number of hydrogen-bond acceptors (Lipinski definition) is 4. The van der Waals surface area contributed by atoms with Gasteiger partial charge in [-0.15, -0.1) is 0 Å². The van der Waals surface area contributed by atoms with Crippen molar-refractivity contribution in [3.05, 3.63) is 47.9 Å². The van der Waals surface area contributed by atoms with E-state index in [0.717, 1.165) is 5.56 Å². The third-order valence-corrected chi connectivity index (χ3v) is 3.59. The number of hydrogen-bond donors (Lipinski definition) is 2. The number of anilines is 1. The Labute approximate surface area is 141 Å². The van der Waals surface area contributed by atoms with Crippen molar-refractivity contribution < 1.29 is 18.7 Å². The van der Waals surface area contributed by atoms with Crippen LogP contribution < -0.4 is 15.4 Å². The van der Waals surface area contributed by atoms with Gasteiger partial charge in [-0.2, -0.15) is 0 Å². The van der Waals surface area contributed by atoms with Gasteiger partial charge in [0.05, 0.1) is 19.1 Å². The van der Waals surface area contributed by atoms with E-state index in [1.54, 1.807) is 25.3 Å². The summed E-state index contributed by atoms with van der Waals surface area (Å²) in [4.78, 5) is 24.8. The predicted octanol–water partition coefficient (Wildman–Crippen LogP) is 2.99. The molecule has 1 heterocycles. The lowest BCUT2D eigenvalue weighted by atomic mass is 10.0. The lowest BCUT2D eigenvalue weighted by Crippen LogP contribution is -2.47. The average molecular weight is 330 g/mol. The monoisotopic (exact) mass is 330 g/mol. The van der Waals surface area contributed by atoms with E-state index in [1.165, 1.54) is 6.26 Å². The van der Waals surface area contributed by atoms with Crippen LogP contribution in [-0.4, -0.2) is 25.0 Å². The van der Waals surface area contributed by atoms with E-state index in [0.29, 0.717) is 11.4 Å². The highest BCUT2D eigenvalue weighted by atomic mass is 16.5. The van der Waals surface area contributed by atoms with Crippen molar-refractivity contribution in [3.8, 4) is 5.75 Å². The number of carbonyl (C=O) groups excluding carboxylic acids is 2. The van der Waals surface area contributed by atoms with E-state index in [2.05, 4.69) is 10.6 Å². The molecule has 1 atom stereocenters. The molecule has 0 bridgehead atoms. The van der Waals surface area contributed by atoms with Gasteiger partial charge in [-0.3, -0.25) is 9.59 Å². The van der Waals surface area contributed by atoms with Crippen LogP contribution in [0.1, 0.15) is 30.0 Å². The molecule has 0 fully saturated rings. The minimum Gasteiger partial charge on any atom is -0.495 e. The summed E-state index contributed by atoms with van der Waals surface area (Å²) >= 11 is 0. The van der Waals surface area contributed by atoms with Crippen molar-refractivity contribution >= 4 is 17.5 Å². The number of carbonyl (C=O) groups is 2. The van der Waals surface area contributed by atoms with E-state index < -0.39 is 11.9 Å². The zero-order valence-corrected chi connectivity index (χ0v) is 14.3. The molecular formula is C18H22N2O4. The third-order valence-electron chi connectivity index (χ3n) is 3.59. The van der Waals surface area contributed by atoms with E-state index in [1.807, 2.05) is 32.9 Å². The highest BCUT2D eigenvalue weighted by molar-refractivity contribution is 6.00. The number of methoxy groups -OCH3 is 1. The summed E-state index contributed by atoms with van der Waals surface area (Å²) in [5, 5.41) is 5.53. The summed E-state index contributed by atoms with van der Waals surface area (Å²) in [6.07, 6.45) is 1.41. The Hall–Kier alpha value is -2.76. The fourth-order valence-corrected chi connectivity index (χ4v) is 2.29. The molecule has 2 N–H and O–H groups in total. The molecule has 0 aliphatic rings. The second-order valence-electron chi connectivity index (χ2n) is 5.87. The van der Waals surface area contributed by atoms with Crippen LogP contribution in [0.5, 0.6) is 5.75 Å². The van der Waals surface area contributed by atoms with Gasteiger partial charge in [0.15, 0.2) is 5.76 Å². The van der Waals surface area contributed by atoms with Gasteiger partial charge in [0.25, 0.3) is 5.91 Å². The Bertz CT molecular complexity index is 708. The van der Waals surface area contributed by atoms with Gasteiger partial charge in [-0.25, -0.2) is 0 Å². The Kier molecular flexibility index (Phi) is 5.63. The van der Waals surface area contributed by atoms with Gasteiger partial charge >= 0.3 is 0 Å². The highest BCUT2D eigenvalue weighted by Crippen LogP contribution is 2.25. The van der Waals surface area contributed by atoms with Crippen LogP contribution in [0.3, 0.4) is 0 Å². The molecule has 1 aromatic carbocycles. The van der Waals surface area contributed by atoms with Crippen molar-refractivity contribution in [2.24, 2.45) is 5.92 Å². The zero-order chi connectivity index (χ0) is 17.7. The molecule has 128 valence electrons. The third kappa shape index (κ3) is 4.16. The van der Waals surface area contributed by atoms with Crippen LogP contribution in [0.2, 0.25) is 0 Å². The number of aryl methyl sites for hydroxylation is 1. The maximum Gasteiger partial charge on any atom is 0.287 e. The Morgan fingerprint density at radius 3 is 2.54 bits per heavy atom. The van der Waals surface area contributed by atoms with Crippen LogP contribution in [0, 0.1) is 12.8 Å². The van der Waals surface area contributed by atoms with Crippen LogP contribution in [0.25, 0.3) is 0 Å². The van der Waals surface area contributed by atoms with Gasteiger partial charge in [0.2, 0.25) is 5.91 Å². The molecule has 0 spiro atoms. The topological polar surface area (TPSA) is 80.6 Å². The van der Waals surface area contributed by atoms with E-state index >= 15 is 0 Å². The first-order valence-corrected chi connectivity index (χ1v) is 7.72. The summed E-state index contributed by atoms with van der Waals surface area (Å²) in [6, 6.07) is 7.98. The second-order valence-corrected chi connectivity index (χ2v) is 5.87. The molecule has 0 aliphatic heterocycles. The highest BCUT2D eigenvalue weighted by Gasteiger charge is 2.26. The zero-order valence-electron chi connectivity index (χ0n) is 14.3. The Morgan fingerprint density at radius 1 is 1.21 bits per heavy atom. The van der Waals surface area contributed by atoms with Crippen LogP contribution >= 0.6 is 0 Å². The molecule has 0 saturated heterocycles. The molecule has 0 saturated carbocycles.